The first-order valence-corrected chi connectivity index (χ1v) is 11.6. The summed E-state index contributed by atoms with van der Waals surface area (Å²) in [6, 6.07) is 12.8. The van der Waals surface area contributed by atoms with E-state index in [9.17, 15) is 14.7 Å². The molecule has 2 N–H and O–H groups in total. The van der Waals surface area contributed by atoms with Crippen molar-refractivity contribution in [2.75, 3.05) is 11.9 Å². The van der Waals surface area contributed by atoms with Gasteiger partial charge in [-0.3, -0.25) is 4.79 Å². The Morgan fingerprint density at radius 1 is 1.20 bits per heavy atom. The molecule has 0 aliphatic carbocycles. The van der Waals surface area contributed by atoms with Crippen LogP contribution in [0, 0.1) is 18.8 Å². The number of nitrogens with zero attached hydrogens (tertiary/aromatic N) is 3. The Labute approximate surface area is 205 Å². The standard InChI is InChI=1S/C28H30N4O3/c1-19-5-7-20(8-6-19)15-22-17-29-32(18-22)27(34)30-24-12-11-23-10-9-21(13-14-28(2,3)35)16-25(23)31(4)26(24)33/h5-10,16-18,24,35H,11-12,15H2,1-4H3,(H,30,34)/t24-/m1/s1. The number of hydrogen-bond donors (Lipinski definition) is 2. The summed E-state index contributed by atoms with van der Waals surface area (Å²) >= 11 is 0. The van der Waals surface area contributed by atoms with Gasteiger partial charge in [-0.1, -0.05) is 47.7 Å². The number of aliphatic hydroxyl groups is 1. The molecule has 0 bridgehead atoms. The molecule has 2 heterocycles. The lowest BCUT2D eigenvalue weighted by Crippen LogP contribution is -2.48. The molecule has 0 fully saturated rings. The summed E-state index contributed by atoms with van der Waals surface area (Å²) in [6.45, 7) is 5.29. The minimum absolute atomic E-state index is 0.197. The SMILES string of the molecule is Cc1ccc(Cc2cnn(C(=O)N[C@@H]3CCc4ccc(C#CC(C)(C)O)cc4N(C)C3=O)c2)cc1. The Balaban J connectivity index is 1.45. The van der Waals surface area contributed by atoms with E-state index in [-0.39, 0.29) is 5.91 Å². The summed E-state index contributed by atoms with van der Waals surface area (Å²) in [7, 11) is 1.70. The molecular formula is C28H30N4O3. The van der Waals surface area contributed by atoms with Gasteiger partial charge in [0.1, 0.15) is 11.6 Å². The summed E-state index contributed by atoms with van der Waals surface area (Å²) in [5.74, 6) is 5.56. The van der Waals surface area contributed by atoms with E-state index in [1.807, 2.05) is 25.1 Å². The lowest BCUT2D eigenvalue weighted by Gasteiger charge is -2.22. The maximum absolute atomic E-state index is 13.2. The van der Waals surface area contributed by atoms with Gasteiger partial charge in [0.2, 0.25) is 5.91 Å². The molecule has 1 aliphatic heterocycles. The molecule has 2 aromatic carbocycles. The van der Waals surface area contributed by atoms with Crippen molar-refractivity contribution in [1.29, 1.82) is 0 Å². The Morgan fingerprint density at radius 3 is 2.66 bits per heavy atom. The van der Waals surface area contributed by atoms with Crippen molar-refractivity contribution in [2.24, 2.45) is 0 Å². The van der Waals surface area contributed by atoms with Crippen molar-refractivity contribution in [2.45, 2.75) is 51.7 Å². The van der Waals surface area contributed by atoms with Gasteiger partial charge in [-0.2, -0.15) is 9.78 Å². The van der Waals surface area contributed by atoms with Crippen LogP contribution in [-0.2, 0) is 17.6 Å². The van der Waals surface area contributed by atoms with Crippen LogP contribution in [0.25, 0.3) is 0 Å². The molecule has 7 heteroatoms. The molecule has 0 saturated heterocycles. The second kappa shape index (κ2) is 9.77. The Kier molecular flexibility index (Phi) is 6.77. The average Bonchev–Trinajstić information content (AvgIpc) is 3.25. The van der Waals surface area contributed by atoms with Gasteiger partial charge in [0.25, 0.3) is 0 Å². The van der Waals surface area contributed by atoms with Gasteiger partial charge in [0, 0.05) is 30.9 Å². The van der Waals surface area contributed by atoms with E-state index < -0.39 is 17.7 Å². The maximum Gasteiger partial charge on any atom is 0.342 e. The smallest absolute Gasteiger partial charge is 0.342 e. The highest BCUT2D eigenvalue weighted by atomic mass is 16.3. The number of aryl methyl sites for hydroxylation is 2. The molecule has 180 valence electrons. The number of anilines is 1. The Bertz CT molecular complexity index is 1310. The van der Waals surface area contributed by atoms with Crippen LogP contribution in [0.3, 0.4) is 0 Å². The zero-order chi connectivity index (χ0) is 25.2. The van der Waals surface area contributed by atoms with Gasteiger partial charge in [0.05, 0.1) is 6.20 Å². The molecule has 0 unspecified atom stereocenters. The fourth-order valence-corrected chi connectivity index (χ4v) is 4.02. The zero-order valence-electron chi connectivity index (χ0n) is 20.5. The van der Waals surface area contributed by atoms with E-state index in [0.29, 0.717) is 24.8 Å². The molecule has 1 atom stereocenters. The fourth-order valence-electron chi connectivity index (χ4n) is 4.02. The second-order valence-corrected chi connectivity index (χ2v) is 9.55. The predicted molar refractivity (Wildman–Crippen MR) is 135 cm³/mol. The van der Waals surface area contributed by atoms with Crippen LogP contribution in [0.15, 0.2) is 54.9 Å². The third-order valence-electron chi connectivity index (χ3n) is 5.96. The maximum atomic E-state index is 13.2. The Hall–Kier alpha value is -3.89. The van der Waals surface area contributed by atoms with Gasteiger partial charge in [-0.05, 0) is 62.4 Å². The molecular weight excluding hydrogens is 440 g/mol. The van der Waals surface area contributed by atoms with Gasteiger partial charge in [-0.15, -0.1) is 0 Å². The highest BCUT2D eigenvalue weighted by molar-refractivity contribution is 6.00. The first kappa shape index (κ1) is 24.2. The number of likely N-dealkylation sites (N-methyl/N-ethyl adjacent to an activating group) is 1. The Morgan fingerprint density at radius 2 is 1.94 bits per heavy atom. The van der Waals surface area contributed by atoms with Gasteiger partial charge in [0.15, 0.2) is 0 Å². The first-order valence-electron chi connectivity index (χ1n) is 11.6. The van der Waals surface area contributed by atoms with Crippen LogP contribution >= 0.6 is 0 Å². The van der Waals surface area contributed by atoms with Crippen molar-refractivity contribution < 1.29 is 14.7 Å². The minimum Gasteiger partial charge on any atom is -0.378 e. The highest BCUT2D eigenvalue weighted by Gasteiger charge is 2.30. The molecule has 0 saturated carbocycles. The van der Waals surface area contributed by atoms with Crippen LogP contribution in [0.1, 0.15) is 48.1 Å². The van der Waals surface area contributed by atoms with Crippen LogP contribution in [-0.4, -0.2) is 45.5 Å². The van der Waals surface area contributed by atoms with E-state index in [1.54, 1.807) is 38.2 Å². The van der Waals surface area contributed by atoms with Crippen molar-refractivity contribution in [3.8, 4) is 11.8 Å². The first-order chi connectivity index (χ1) is 16.6. The lowest BCUT2D eigenvalue weighted by molar-refractivity contribution is -0.120. The molecule has 35 heavy (non-hydrogen) atoms. The molecule has 3 aromatic rings. The van der Waals surface area contributed by atoms with Crippen LogP contribution in [0.4, 0.5) is 10.5 Å². The lowest BCUT2D eigenvalue weighted by atomic mass is 10.0. The summed E-state index contributed by atoms with van der Waals surface area (Å²) < 4.78 is 1.25. The minimum atomic E-state index is -1.10. The highest BCUT2D eigenvalue weighted by Crippen LogP contribution is 2.27. The van der Waals surface area contributed by atoms with Crippen LogP contribution in [0.2, 0.25) is 0 Å². The molecule has 0 spiro atoms. The number of fused-ring (bicyclic) bond motifs is 1. The number of rotatable bonds is 3. The number of benzene rings is 2. The zero-order valence-corrected chi connectivity index (χ0v) is 20.5. The molecule has 0 radical (unpaired) electrons. The molecule has 1 aromatic heterocycles. The van der Waals surface area contributed by atoms with E-state index in [4.69, 9.17) is 0 Å². The number of hydrogen-bond acceptors (Lipinski definition) is 4. The molecule has 7 nitrogen and oxygen atoms in total. The van der Waals surface area contributed by atoms with E-state index >= 15 is 0 Å². The van der Waals surface area contributed by atoms with Crippen molar-refractivity contribution in [3.05, 3.63) is 82.7 Å². The molecule has 1 aliphatic rings. The number of carbonyl (C=O) groups excluding carboxylic acids is 2. The van der Waals surface area contributed by atoms with Crippen LogP contribution < -0.4 is 10.2 Å². The normalized spacial score (nSPS) is 15.6. The second-order valence-electron chi connectivity index (χ2n) is 9.55. The van der Waals surface area contributed by atoms with Gasteiger partial charge < -0.3 is 15.3 Å². The number of nitrogens with one attached hydrogen (secondary N) is 1. The van der Waals surface area contributed by atoms with E-state index in [2.05, 4.69) is 46.5 Å². The van der Waals surface area contributed by atoms with Crippen molar-refractivity contribution in [1.82, 2.24) is 15.1 Å². The number of aromatic nitrogens is 2. The topological polar surface area (TPSA) is 87.5 Å². The fraction of sp³-hybridized carbons (Fsp3) is 0.321. The molecule has 2 amide bonds. The number of amides is 2. The van der Waals surface area contributed by atoms with Crippen molar-refractivity contribution in [3.63, 3.8) is 0 Å². The van der Waals surface area contributed by atoms with E-state index in [1.165, 1.54) is 10.2 Å². The average molecular weight is 471 g/mol. The summed E-state index contributed by atoms with van der Waals surface area (Å²) in [5, 5.41) is 16.9. The third-order valence-corrected chi connectivity index (χ3v) is 5.96. The summed E-state index contributed by atoms with van der Waals surface area (Å²) in [5.41, 5.74) is 4.63. The monoisotopic (exact) mass is 470 g/mol. The van der Waals surface area contributed by atoms with E-state index in [0.717, 1.165) is 22.4 Å². The summed E-state index contributed by atoms with van der Waals surface area (Å²) in [6.07, 6.45) is 5.16. The summed E-state index contributed by atoms with van der Waals surface area (Å²) in [4.78, 5) is 27.6. The van der Waals surface area contributed by atoms with Gasteiger partial charge in [-0.25, -0.2) is 4.79 Å². The quantitative estimate of drug-likeness (QED) is 0.574. The number of carbonyl (C=O) groups is 2. The predicted octanol–water partition coefficient (Wildman–Crippen LogP) is 3.44. The van der Waals surface area contributed by atoms with Crippen molar-refractivity contribution >= 4 is 17.6 Å². The third kappa shape index (κ3) is 5.97. The largest absolute Gasteiger partial charge is 0.378 e. The van der Waals surface area contributed by atoms with Gasteiger partial charge >= 0.3 is 6.03 Å². The molecule has 4 rings (SSSR count). The van der Waals surface area contributed by atoms with Crippen LogP contribution in [0.5, 0.6) is 0 Å².